The summed E-state index contributed by atoms with van der Waals surface area (Å²) in [7, 11) is 1.26. The number of nitrogens with one attached hydrogen (secondary N) is 1. The number of carboxylic acid groups (broad SMARTS) is 1. The van der Waals surface area contributed by atoms with Gasteiger partial charge in [-0.3, -0.25) is 4.79 Å². The van der Waals surface area contributed by atoms with E-state index in [9.17, 15) is 9.59 Å². The topological polar surface area (TPSA) is 75.6 Å². The largest absolute Gasteiger partial charge is 0.479 e. The lowest BCUT2D eigenvalue weighted by Gasteiger charge is -2.11. The highest BCUT2D eigenvalue weighted by molar-refractivity contribution is 6.33. The Kier molecular flexibility index (Phi) is 4.93. The van der Waals surface area contributed by atoms with Crippen molar-refractivity contribution in [2.75, 3.05) is 13.7 Å². The fourth-order valence-corrected chi connectivity index (χ4v) is 1.42. The van der Waals surface area contributed by atoms with Crippen molar-refractivity contribution in [2.45, 2.75) is 6.10 Å². The van der Waals surface area contributed by atoms with Crippen molar-refractivity contribution in [3.05, 3.63) is 34.9 Å². The monoisotopic (exact) mass is 257 g/mol. The summed E-state index contributed by atoms with van der Waals surface area (Å²) in [6, 6.07) is 6.52. The second kappa shape index (κ2) is 6.22. The predicted molar refractivity (Wildman–Crippen MR) is 62.2 cm³/mol. The molecule has 0 heterocycles. The SMILES string of the molecule is COC(CNC(=O)c1ccccc1Cl)C(=O)O. The van der Waals surface area contributed by atoms with E-state index in [4.69, 9.17) is 16.7 Å². The zero-order valence-electron chi connectivity index (χ0n) is 9.14. The number of ether oxygens (including phenoxy) is 1. The Bertz CT molecular complexity index is 422. The predicted octanol–water partition coefficient (Wildman–Crippen LogP) is 1.17. The fraction of sp³-hybridized carbons (Fsp3) is 0.273. The van der Waals surface area contributed by atoms with Gasteiger partial charge in [-0.2, -0.15) is 0 Å². The van der Waals surface area contributed by atoms with E-state index in [0.717, 1.165) is 0 Å². The lowest BCUT2D eigenvalue weighted by atomic mass is 10.2. The molecule has 0 aliphatic carbocycles. The third kappa shape index (κ3) is 3.72. The van der Waals surface area contributed by atoms with Crippen LogP contribution in [0.4, 0.5) is 0 Å². The molecule has 2 N–H and O–H groups in total. The van der Waals surface area contributed by atoms with Crippen molar-refractivity contribution >= 4 is 23.5 Å². The van der Waals surface area contributed by atoms with Crippen LogP contribution in [-0.4, -0.2) is 36.7 Å². The van der Waals surface area contributed by atoms with Gasteiger partial charge in [-0.1, -0.05) is 23.7 Å². The Labute approximate surface area is 103 Å². The van der Waals surface area contributed by atoms with Crippen LogP contribution in [0.1, 0.15) is 10.4 Å². The van der Waals surface area contributed by atoms with Gasteiger partial charge in [0.25, 0.3) is 5.91 Å². The summed E-state index contributed by atoms with van der Waals surface area (Å²) in [6.45, 7) is -0.115. The number of aliphatic carboxylic acids is 1. The number of rotatable bonds is 5. The first-order valence-corrected chi connectivity index (χ1v) is 5.22. The number of benzene rings is 1. The summed E-state index contributed by atoms with van der Waals surface area (Å²) in [5.74, 6) is -1.56. The molecule has 5 nitrogen and oxygen atoms in total. The minimum absolute atomic E-state index is 0.115. The smallest absolute Gasteiger partial charge is 0.334 e. The molecule has 0 aromatic heterocycles. The third-order valence-corrected chi connectivity index (χ3v) is 2.46. The Morgan fingerprint density at radius 3 is 2.65 bits per heavy atom. The minimum Gasteiger partial charge on any atom is -0.479 e. The van der Waals surface area contributed by atoms with Crippen LogP contribution in [0.25, 0.3) is 0 Å². The molecule has 92 valence electrons. The standard InChI is InChI=1S/C11H12ClNO4/c1-17-9(11(15)16)6-13-10(14)7-4-2-3-5-8(7)12/h2-5,9H,6H2,1H3,(H,13,14)(H,15,16). The molecule has 1 rings (SSSR count). The first-order chi connectivity index (χ1) is 8.06. The number of hydrogen-bond donors (Lipinski definition) is 2. The van der Waals surface area contributed by atoms with E-state index in [-0.39, 0.29) is 6.54 Å². The van der Waals surface area contributed by atoms with Crippen molar-refractivity contribution < 1.29 is 19.4 Å². The molecule has 1 aromatic carbocycles. The molecule has 0 spiro atoms. The molecule has 6 heteroatoms. The maximum atomic E-state index is 11.7. The van der Waals surface area contributed by atoms with E-state index < -0.39 is 18.0 Å². The highest BCUT2D eigenvalue weighted by atomic mass is 35.5. The minimum atomic E-state index is -1.13. The van der Waals surface area contributed by atoms with E-state index in [1.807, 2.05) is 0 Å². The Balaban J connectivity index is 2.62. The molecular formula is C11H12ClNO4. The number of halogens is 1. The first kappa shape index (κ1) is 13.5. The van der Waals surface area contributed by atoms with Crippen LogP contribution in [0.2, 0.25) is 5.02 Å². The number of carboxylic acids is 1. The van der Waals surface area contributed by atoms with Crippen LogP contribution in [0, 0.1) is 0 Å². The van der Waals surface area contributed by atoms with Crippen LogP contribution in [0.3, 0.4) is 0 Å². The van der Waals surface area contributed by atoms with Gasteiger partial charge in [0.15, 0.2) is 6.10 Å². The van der Waals surface area contributed by atoms with Crippen molar-refractivity contribution in [1.82, 2.24) is 5.32 Å². The van der Waals surface area contributed by atoms with Gasteiger partial charge in [-0.05, 0) is 12.1 Å². The normalized spacial score (nSPS) is 11.9. The summed E-state index contributed by atoms with van der Waals surface area (Å²) >= 11 is 5.82. The molecule has 1 amide bonds. The summed E-state index contributed by atoms with van der Waals surface area (Å²) < 4.78 is 4.68. The van der Waals surface area contributed by atoms with Crippen molar-refractivity contribution in [3.8, 4) is 0 Å². The van der Waals surface area contributed by atoms with Gasteiger partial charge in [0.1, 0.15) is 0 Å². The van der Waals surface area contributed by atoms with Gasteiger partial charge in [-0.15, -0.1) is 0 Å². The van der Waals surface area contributed by atoms with Crippen molar-refractivity contribution in [1.29, 1.82) is 0 Å². The third-order valence-electron chi connectivity index (χ3n) is 2.13. The zero-order valence-corrected chi connectivity index (χ0v) is 9.90. The summed E-state index contributed by atoms with van der Waals surface area (Å²) in [5.41, 5.74) is 0.300. The molecule has 0 saturated carbocycles. The number of hydrogen-bond acceptors (Lipinski definition) is 3. The van der Waals surface area contributed by atoms with E-state index in [0.29, 0.717) is 10.6 Å². The number of methoxy groups -OCH3 is 1. The average molecular weight is 258 g/mol. The van der Waals surface area contributed by atoms with E-state index in [2.05, 4.69) is 10.1 Å². The Hall–Kier alpha value is -1.59. The molecule has 0 saturated heterocycles. The molecule has 0 aliphatic heterocycles. The number of amides is 1. The lowest BCUT2D eigenvalue weighted by Crippen LogP contribution is -2.37. The molecule has 1 aromatic rings. The highest BCUT2D eigenvalue weighted by Gasteiger charge is 2.18. The van der Waals surface area contributed by atoms with Crippen LogP contribution in [0.15, 0.2) is 24.3 Å². The van der Waals surface area contributed by atoms with Gasteiger partial charge in [0.2, 0.25) is 0 Å². The van der Waals surface area contributed by atoms with Crippen LogP contribution < -0.4 is 5.32 Å². The quantitative estimate of drug-likeness (QED) is 0.830. The second-order valence-corrected chi connectivity index (χ2v) is 3.66. The summed E-state index contributed by atoms with van der Waals surface area (Å²) in [6.07, 6.45) is -1.07. The molecule has 0 fully saturated rings. The maximum absolute atomic E-state index is 11.7. The summed E-state index contributed by atoms with van der Waals surface area (Å²) in [5, 5.41) is 11.5. The van der Waals surface area contributed by atoms with Crippen molar-refractivity contribution in [2.24, 2.45) is 0 Å². The lowest BCUT2D eigenvalue weighted by molar-refractivity contribution is -0.147. The number of carbonyl (C=O) groups is 2. The second-order valence-electron chi connectivity index (χ2n) is 3.25. The molecule has 0 aliphatic rings. The van der Waals surface area contributed by atoms with Gasteiger partial charge in [0.05, 0.1) is 17.1 Å². The van der Waals surface area contributed by atoms with Gasteiger partial charge >= 0.3 is 5.97 Å². The fourth-order valence-electron chi connectivity index (χ4n) is 1.20. The van der Waals surface area contributed by atoms with Gasteiger partial charge in [0, 0.05) is 7.11 Å². The Morgan fingerprint density at radius 1 is 1.47 bits per heavy atom. The maximum Gasteiger partial charge on any atom is 0.334 e. The molecular weight excluding hydrogens is 246 g/mol. The zero-order chi connectivity index (χ0) is 12.8. The molecule has 0 radical (unpaired) electrons. The van der Waals surface area contributed by atoms with Crippen molar-refractivity contribution in [3.63, 3.8) is 0 Å². The van der Waals surface area contributed by atoms with E-state index in [1.165, 1.54) is 7.11 Å². The Morgan fingerprint density at radius 2 is 2.12 bits per heavy atom. The molecule has 0 bridgehead atoms. The summed E-state index contributed by atoms with van der Waals surface area (Å²) in [4.78, 5) is 22.3. The highest BCUT2D eigenvalue weighted by Crippen LogP contribution is 2.14. The molecule has 1 unspecified atom stereocenters. The van der Waals surface area contributed by atoms with Crippen LogP contribution in [-0.2, 0) is 9.53 Å². The molecule has 1 atom stereocenters. The number of carbonyl (C=O) groups excluding carboxylic acids is 1. The van der Waals surface area contributed by atoms with Gasteiger partial charge < -0.3 is 15.2 Å². The molecule has 17 heavy (non-hydrogen) atoms. The van der Waals surface area contributed by atoms with Gasteiger partial charge in [-0.25, -0.2) is 4.79 Å². The van der Waals surface area contributed by atoms with E-state index in [1.54, 1.807) is 24.3 Å². The van der Waals surface area contributed by atoms with E-state index >= 15 is 0 Å². The van der Waals surface area contributed by atoms with Crippen LogP contribution in [0.5, 0.6) is 0 Å². The average Bonchev–Trinajstić information content (AvgIpc) is 2.29. The van der Waals surface area contributed by atoms with Crippen LogP contribution >= 0.6 is 11.6 Å². The first-order valence-electron chi connectivity index (χ1n) is 4.84.